The number of benzene rings is 6. The summed E-state index contributed by atoms with van der Waals surface area (Å²) in [6, 6.07) is 34.4. The molecule has 2 aliphatic heterocycles. The van der Waals surface area contributed by atoms with Crippen molar-refractivity contribution in [3.63, 3.8) is 0 Å². The van der Waals surface area contributed by atoms with E-state index in [0.29, 0.717) is 84.3 Å². The molecule has 2 saturated heterocycles. The number of amides is 6. The molecule has 18 nitrogen and oxygen atoms in total. The minimum atomic E-state index is -4.79. The highest BCUT2D eigenvalue weighted by molar-refractivity contribution is 8.16. The highest BCUT2D eigenvalue weighted by Gasteiger charge is 2.44. The molecule has 0 aliphatic carbocycles. The van der Waals surface area contributed by atoms with E-state index in [9.17, 15) is 40.7 Å². The number of hydrogen-bond acceptors (Lipinski definition) is 12. The van der Waals surface area contributed by atoms with Crippen molar-refractivity contribution in [1.82, 2.24) is 40.2 Å². The number of nitrogens with zero attached hydrogens (tertiary/aromatic N) is 10. The lowest BCUT2D eigenvalue weighted by molar-refractivity contribution is -0.275. The van der Waals surface area contributed by atoms with Gasteiger partial charge in [-0.2, -0.15) is 9.98 Å². The Balaban J connectivity index is 0.751. The van der Waals surface area contributed by atoms with Crippen LogP contribution < -0.4 is 29.9 Å². The summed E-state index contributed by atoms with van der Waals surface area (Å²) in [5.41, 5.74) is 9.74. The first-order valence-corrected chi connectivity index (χ1v) is 31.1. The van der Waals surface area contributed by atoms with E-state index in [1.54, 1.807) is 0 Å². The van der Waals surface area contributed by atoms with Crippen LogP contribution in [0.2, 0.25) is 0 Å². The Morgan fingerprint density at radius 3 is 1.64 bits per heavy atom. The van der Waals surface area contributed by atoms with Crippen molar-refractivity contribution >= 4 is 69.1 Å². The number of aliphatic imine (C=N–C) groups is 2. The fraction of sp³-hybridized carbons (Fsp3) is 0.292. The zero-order chi connectivity index (χ0) is 64.6. The Morgan fingerprint density at radius 2 is 1.15 bits per heavy atom. The van der Waals surface area contributed by atoms with Crippen LogP contribution >= 0.6 is 23.5 Å². The third-order valence-electron chi connectivity index (χ3n) is 14.9. The smallest absolute Gasteiger partial charge is 0.406 e. The van der Waals surface area contributed by atoms with E-state index < -0.39 is 30.0 Å². The van der Waals surface area contributed by atoms with Crippen LogP contribution in [0.3, 0.4) is 0 Å². The molecule has 472 valence electrons. The Labute approximate surface area is 528 Å². The van der Waals surface area contributed by atoms with Crippen molar-refractivity contribution in [2.24, 2.45) is 9.98 Å². The molecule has 26 heteroatoms. The standard InChI is InChI=1S/C65H62F6N12O6S2/c1-6-44-22-31-51(41(5)55(44)83-54(84)36-90-62(83)76-60(86)72-33-9-7-11-42-14-18-45(19-15-42)57-74-37-80(78-57)47-23-27-49(28-24-47)88-64(66,67)68)56-59(85)82(53-32-13-40(4)35-52(53)39(2)3)63(91-56)77-61(87)73-34-10-8-12-43-16-20-46(21-17-43)58-75-38-81(79-58)48-25-29-50(30-26-48)89-65(69,70)71/h13-32,35,37-39,56H,6-12,33-34,36H2,1-5H3,(H,72,86)(H,73,87). The van der Waals surface area contributed by atoms with Gasteiger partial charge in [-0.1, -0.05) is 123 Å². The molecule has 1 unspecified atom stereocenters. The maximum absolute atomic E-state index is 15.0. The normalized spacial score (nSPS) is 15.4. The molecular weight excluding hydrogens is 1220 g/mol. The molecule has 0 spiro atoms. The third-order valence-corrected chi connectivity index (χ3v) is 17.0. The van der Waals surface area contributed by atoms with E-state index in [4.69, 9.17) is 0 Å². The van der Waals surface area contributed by atoms with Crippen LogP contribution in [-0.2, 0) is 28.9 Å². The number of rotatable bonds is 21. The number of amidine groups is 2. The number of carbonyl (C=O) groups excluding carboxylic acids is 4. The van der Waals surface area contributed by atoms with Gasteiger partial charge in [0.2, 0.25) is 5.91 Å². The van der Waals surface area contributed by atoms with Crippen LogP contribution in [0.15, 0.2) is 150 Å². The number of unbranched alkanes of at least 4 members (excludes halogenated alkanes) is 2. The molecule has 2 fully saturated rings. The molecule has 0 radical (unpaired) electrons. The molecule has 2 aromatic heterocycles. The Bertz CT molecular complexity index is 4010. The predicted molar refractivity (Wildman–Crippen MR) is 338 cm³/mol. The van der Waals surface area contributed by atoms with E-state index >= 15 is 4.79 Å². The zero-order valence-corrected chi connectivity index (χ0v) is 51.6. The molecule has 2 aliphatic rings. The topological polar surface area (TPSA) is 203 Å². The van der Waals surface area contributed by atoms with E-state index in [1.807, 2.05) is 113 Å². The number of ether oxygens (including phenoxy) is 2. The summed E-state index contributed by atoms with van der Waals surface area (Å²) in [6.45, 7) is 10.5. The Kier molecular flexibility index (Phi) is 20.1. The van der Waals surface area contributed by atoms with Gasteiger partial charge in [0.25, 0.3) is 5.91 Å². The van der Waals surface area contributed by atoms with E-state index in [2.05, 4.69) is 50.3 Å². The number of anilines is 2. The van der Waals surface area contributed by atoms with E-state index in [1.165, 1.54) is 80.3 Å². The summed E-state index contributed by atoms with van der Waals surface area (Å²) >= 11 is 2.31. The molecule has 6 amide bonds. The Hall–Kier alpha value is -9.30. The average Bonchev–Trinajstić information content (AvgIpc) is 1.67. The van der Waals surface area contributed by atoms with Gasteiger partial charge in [-0.05, 0) is 153 Å². The zero-order valence-electron chi connectivity index (χ0n) is 50.0. The van der Waals surface area contributed by atoms with Gasteiger partial charge in [0.05, 0.1) is 28.5 Å². The first-order valence-electron chi connectivity index (χ1n) is 29.2. The van der Waals surface area contributed by atoms with Crippen molar-refractivity contribution in [3.8, 4) is 45.6 Å². The third kappa shape index (κ3) is 16.2. The van der Waals surface area contributed by atoms with Crippen LogP contribution in [0.4, 0.5) is 47.3 Å². The summed E-state index contributed by atoms with van der Waals surface area (Å²) < 4.78 is 86.5. The molecule has 0 bridgehead atoms. The van der Waals surface area contributed by atoms with Crippen molar-refractivity contribution in [3.05, 3.63) is 179 Å². The summed E-state index contributed by atoms with van der Waals surface area (Å²) in [5, 5.41) is 14.3. The fourth-order valence-electron chi connectivity index (χ4n) is 10.4. The highest BCUT2D eigenvalue weighted by Crippen LogP contribution is 2.47. The molecule has 1 atom stereocenters. The molecule has 10 rings (SSSR count). The quantitative estimate of drug-likeness (QED) is 0.0510. The largest absolute Gasteiger partial charge is 0.573 e. The number of thioether (sulfide) groups is 2. The summed E-state index contributed by atoms with van der Waals surface area (Å²) in [4.78, 5) is 76.7. The van der Waals surface area contributed by atoms with Gasteiger partial charge in [0, 0.05) is 24.2 Å². The first-order chi connectivity index (χ1) is 43.6. The SMILES string of the molecule is CCc1ccc(C2SC(=NC(=O)NCCCCc3ccc(-c4ncn(-c5ccc(OC(F)(F)F)cc5)n4)cc3)N(c3ccc(C)cc3C(C)C)C2=O)c(C)c1N1C(=O)CSC1=NC(=O)NCCCCc1ccc(-c2ncn(-c3ccc(OC(F)(F)F)cc3)n2)cc1. The van der Waals surface area contributed by atoms with Crippen LogP contribution in [-0.4, -0.2) is 95.3 Å². The minimum Gasteiger partial charge on any atom is -0.406 e. The second-order valence-corrected chi connectivity index (χ2v) is 23.7. The molecule has 8 aromatic rings. The van der Waals surface area contributed by atoms with Crippen molar-refractivity contribution < 1.29 is 55.0 Å². The van der Waals surface area contributed by atoms with Gasteiger partial charge in [-0.25, -0.2) is 28.9 Å². The lowest BCUT2D eigenvalue weighted by Crippen LogP contribution is -2.34. The molecule has 2 N–H and O–H groups in total. The summed E-state index contributed by atoms with van der Waals surface area (Å²) in [6.07, 6.45) is -1.92. The van der Waals surface area contributed by atoms with Crippen LogP contribution in [0.25, 0.3) is 34.2 Å². The van der Waals surface area contributed by atoms with Gasteiger partial charge >= 0.3 is 24.8 Å². The number of alkyl halides is 6. The lowest BCUT2D eigenvalue weighted by Gasteiger charge is -2.25. The summed E-state index contributed by atoms with van der Waals surface area (Å²) in [5.74, 6) is -0.334. The van der Waals surface area contributed by atoms with Gasteiger partial charge < -0.3 is 20.1 Å². The van der Waals surface area contributed by atoms with Gasteiger partial charge in [0.1, 0.15) is 29.4 Å². The van der Waals surface area contributed by atoms with Gasteiger partial charge in [-0.15, -0.1) is 36.5 Å². The second kappa shape index (κ2) is 28.3. The summed E-state index contributed by atoms with van der Waals surface area (Å²) in [7, 11) is 0. The number of urea groups is 2. The minimum absolute atomic E-state index is 0.0102. The van der Waals surface area contributed by atoms with Crippen LogP contribution in [0.1, 0.15) is 96.6 Å². The highest BCUT2D eigenvalue weighted by atomic mass is 32.2. The van der Waals surface area contributed by atoms with Crippen LogP contribution in [0.5, 0.6) is 11.5 Å². The number of carbonyl (C=O) groups is 4. The number of hydrogen-bond donors (Lipinski definition) is 2. The monoisotopic (exact) mass is 1280 g/mol. The van der Waals surface area contributed by atoms with E-state index in [-0.39, 0.29) is 45.3 Å². The van der Waals surface area contributed by atoms with E-state index in [0.717, 1.165) is 81.7 Å². The predicted octanol–water partition coefficient (Wildman–Crippen LogP) is 14.4. The maximum Gasteiger partial charge on any atom is 0.573 e. The molecule has 0 saturated carbocycles. The number of aryl methyl sites for hydroxylation is 4. The van der Waals surface area contributed by atoms with Gasteiger partial charge in [0.15, 0.2) is 22.0 Å². The molecule has 91 heavy (non-hydrogen) atoms. The lowest BCUT2D eigenvalue weighted by atomic mass is 9.95. The van der Waals surface area contributed by atoms with Crippen molar-refractivity contribution in [1.29, 1.82) is 0 Å². The first kappa shape index (κ1) is 64.7. The maximum atomic E-state index is 15.0. The molecule has 4 heterocycles. The number of aromatic nitrogens is 6. The fourth-order valence-corrected chi connectivity index (χ4v) is 12.5. The van der Waals surface area contributed by atoms with Crippen molar-refractivity contribution in [2.45, 2.75) is 103 Å². The van der Waals surface area contributed by atoms with Crippen LogP contribution in [0, 0.1) is 13.8 Å². The average molecular weight is 1290 g/mol. The number of halogens is 6. The Morgan fingerprint density at radius 1 is 0.648 bits per heavy atom. The molecule has 6 aromatic carbocycles. The second-order valence-electron chi connectivity index (χ2n) is 21.7. The number of nitrogens with one attached hydrogen (secondary N) is 2. The van der Waals surface area contributed by atoms with Crippen molar-refractivity contribution in [2.75, 3.05) is 28.6 Å². The molecular formula is C65H62F6N12O6S2. The van der Waals surface area contributed by atoms with Gasteiger partial charge in [-0.3, -0.25) is 19.4 Å².